The number of carbonyl (C=O) groups is 1. The number of hydrogen-bond acceptors (Lipinski definition) is 6. The van der Waals surface area contributed by atoms with Crippen molar-refractivity contribution in [2.24, 2.45) is 0 Å². The van der Waals surface area contributed by atoms with Gasteiger partial charge in [0, 0.05) is 18.8 Å². The highest BCUT2D eigenvalue weighted by Gasteiger charge is 2.11. The van der Waals surface area contributed by atoms with Crippen LogP contribution >= 0.6 is 0 Å². The Hall–Kier alpha value is -3.68. The molecule has 0 aliphatic rings. The average Bonchev–Trinajstić information content (AvgIpc) is 2.73. The van der Waals surface area contributed by atoms with E-state index in [4.69, 9.17) is 9.47 Å². The Kier molecular flexibility index (Phi) is 6.01. The van der Waals surface area contributed by atoms with Crippen molar-refractivity contribution in [3.63, 3.8) is 0 Å². The highest BCUT2D eigenvalue weighted by Crippen LogP contribution is 2.30. The maximum absolute atomic E-state index is 12.9. The predicted octanol–water partition coefficient (Wildman–Crippen LogP) is 3.31. The third-order valence-electron chi connectivity index (χ3n) is 3.91. The fourth-order valence-corrected chi connectivity index (χ4v) is 2.45. The molecule has 8 heteroatoms. The van der Waals surface area contributed by atoms with Crippen LogP contribution in [0.4, 0.5) is 16.0 Å². The van der Waals surface area contributed by atoms with E-state index in [9.17, 15) is 9.18 Å². The van der Waals surface area contributed by atoms with Crippen LogP contribution < -0.4 is 20.1 Å². The van der Waals surface area contributed by atoms with Gasteiger partial charge in [0.15, 0.2) is 0 Å². The van der Waals surface area contributed by atoms with Gasteiger partial charge in [-0.1, -0.05) is 12.1 Å². The molecule has 0 unspecified atom stereocenters. The average molecular weight is 382 g/mol. The lowest BCUT2D eigenvalue weighted by Gasteiger charge is -2.12. The van der Waals surface area contributed by atoms with Crippen LogP contribution in [0.25, 0.3) is 0 Å². The van der Waals surface area contributed by atoms with Crippen LogP contribution in [0.2, 0.25) is 0 Å². The van der Waals surface area contributed by atoms with Gasteiger partial charge in [-0.2, -0.15) is 0 Å². The zero-order valence-corrected chi connectivity index (χ0v) is 15.4. The number of rotatable bonds is 7. The third kappa shape index (κ3) is 4.73. The normalized spacial score (nSPS) is 10.2. The first-order chi connectivity index (χ1) is 13.6. The van der Waals surface area contributed by atoms with Gasteiger partial charge in [0.2, 0.25) is 5.95 Å². The lowest BCUT2D eigenvalue weighted by atomic mass is 10.2. The van der Waals surface area contributed by atoms with E-state index in [0.29, 0.717) is 17.2 Å². The first-order valence-corrected chi connectivity index (χ1v) is 8.44. The van der Waals surface area contributed by atoms with Crippen molar-refractivity contribution in [1.29, 1.82) is 0 Å². The summed E-state index contributed by atoms with van der Waals surface area (Å²) < 4.78 is 23.5. The lowest BCUT2D eigenvalue weighted by Crippen LogP contribution is -2.24. The van der Waals surface area contributed by atoms with E-state index in [1.807, 2.05) is 0 Å². The van der Waals surface area contributed by atoms with Crippen LogP contribution in [0.1, 0.15) is 16.1 Å². The van der Waals surface area contributed by atoms with Crippen LogP contribution in [0, 0.1) is 5.82 Å². The standard InChI is InChI=1S/C20H19FN4O3/c1-27-15-7-8-18(28-2)17(11-15)25-20-22-10-9-16(24-20)19(26)23-12-13-3-5-14(21)6-4-13/h3-11H,12H2,1-2H3,(H,23,26)(H,22,24,25). The number of halogens is 1. The maximum atomic E-state index is 12.9. The summed E-state index contributed by atoms with van der Waals surface area (Å²) in [5, 5.41) is 5.77. The van der Waals surface area contributed by atoms with E-state index < -0.39 is 0 Å². The molecule has 0 spiro atoms. The van der Waals surface area contributed by atoms with Crippen molar-refractivity contribution in [2.45, 2.75) is 6.54 Å². The van der Waals surface area contributed by atoms with E-state index in [1.54, 1.807) is 44.6 Å². The molecule has 28 heavy (non-hydrogen) atoms. The number of nitrogens with zero attached hydrogens (tertiary/aromatic N) is 2. The van der Waals surface area contributed by atoms with Gasteiger partial charge < -0.3 is 20.1 Å². The van der Waals surface area contributed by atoms with E-state index in [0.717, 1.165) is 5.56 Å². The smallest absolute Gasteiger partial charge is 0.270 e. The van der Waals surface area contributed by atoms with Crippen molar-refractivity contribution >= 4 is 17.5 Å². The van der Waals surface area contributed by atoms with Crippen LogP contribution in [0.5, 0.6) is 11.5 Å². The molecule has 1 heterocycles. The Labute approximate surface area is 161 Å². The fraction of sp³-hybridized carbons (Fsp3) is 0.150. The highest BCUT2D eigenvalue weighted by atomic mass is 19.1. The van der Waals surface area contributed by atoms with E-state index in [-0.39, 0.29) is 29.9 Å². The second-order valence-corrected chi connectivity index (χ2v) is 5.77. The van der Waals surface area contributed by atoms with E-state index >= 15 is 0 Å². The molecule has 0 saturated carbocycles. The van der Waals surface area contributed by atoms with Crippen molar-refractivity contribution in [1.82, 2.24) is 15.3 Å². The topological polar surface area (TPSA) is 85.4 Å². The largest absolute Gasteiger partial charge is 0.497 e. The van der Waals surface area contributed by atoms with Crippen LogP contribution in [-0.2, 0) is 6.54 Å². The lowest BCUT2D eigenvalue weighted by molar-refractivity contribution is 0.0946. The minimum absolute atomic E-state index is 0.196. The van der Waals surface area contributed by atoms with Crippen LogP contribution in [0.3, 0.4) is 0 Å². The number of methoxy groups -OCH3 is 2. The molecule has 0 aliphatic heterocycles. The van der Waals surface area contributed by atoms with Crippen molar-refractivity contribution in [2.75, 3.05) is 19.5 Å². The number of ether oxygens (including phenoxy) is 2. The molecule has 0 saturated heterocycles. The second kappa shape index (κ2) is 8.81. The quantitative estimate of drug-likeness (QED) is 0.652. The molecular formula is C20H19FN4O3. The summed E-state index contributed by atoms with van der Waals surface area (Å²) in [6.45, 7) is 0.260. The van der Waals surface area contributed by atoms with Crippen LogP contribution in [-0.4, -0.2) is 30.1 Å². The molecule has 7 nitrogen and oxygen atoms in total. The number of nitrogens with one attached hydrogen (secondary N) is 2. The molecule has 3 aromatic rings. The molecule has 1 aromatic heterocycles. The van der Waals surface area contributed by atoms with Gasteiger partial charge in [-0.05, 0) is 35.9 Å². The molecule has 1 amide bonds. The minimum atomic E-state index is -0.368. The second-order valence-electron chi connectivity index (χ2n) is 5.77. The SMILES string of the molecule is COc1ccc(OC)c(Nc2nccc(C(=O)NCc3ccc(F)cc3)n2)c1. The predicted molar refractivity (Wildman–Crippen MR) is 102 cm³/mol. The Bertz CT molecular complexity index is 964. The Morgan fingerprint density at radius 2 is 1.86 bits per heavy atom. The molecule has 0 atom stereocenters. The highest BCUT2D eigenvalue weighted by molar-refractivity contribution is 5.92. The first kappa shape index (κ1) is 19.1. The van der Waals surface area contributed by atoms with Gasteiger partial charge >= 0.3 is 0 Å². The summed E-state index contributed by atoms with van der Waals surface area (Å²) in [7, 11) is 3.11. The van der Waals surface area contributed by atoms with Crippen molar-refractivity contribution in [3.05, 3.63) is 71.8 Å². The number of aromatic nitrogens is 2. The molecule has 0 fully saturated rings. The molecule has 0 radical (unpaired) electrons. The van der Waals surface area contributed by atoms with Gasteiger partial charge in [0.25, 0.3) is 5.91 Å². The number of amides is 1. The number of carbonyl (C=O) groups excluding carboxylic acids is 1. The summed E-state index contributed by atoms with van der Waals surface area (Å²) in [5.74, 6) is 0.759. The Morgan fingerprint density at radius 3 is 2.57 bits per heavy atom. The minimum Gasteiger partial charge on any atom is -0.497 e. The molecule has 144 valence electrons. The van der Waals surface area contributed by atoms with E-state index in [1.165, 1.54) is 24.4 Å². The molecule has 3 rings (SSSR count). The zero-order chi connectivity index (χ0) is 19.9. The van der Waals surface area contributed by atoms with Gasteiger partial charge in [-0.15, -0.1) is 0 Å². The van der Waals surface area contributed by atoms with Crippen molar-refractivity contribution in [3.8, 4) is 11.5 Å². The molecular weight excluding hydrogens is 363 g/mol. The Balaban J connectivity index is 1.71. The van der Waals surface area contributed by atoms with Gasteiger partial charge in [0.1, 0.15) is 23.0 Å². The zero-order valence-electron chi connectivity index (χ0n) is 15.4. The van der Waals surface area contributed by atoms with Gasteiger partial charge in [-0.3, -0.25) is 4.79 Å². The molecule has 0 aliphatic carbocycles. The summed E-state index contributed by atoms with van der Waals surface area (Å²) in [4.78, 5) is 20.7. The molecule has 2 N–H and O–H groups in total. The number of benzene rings is 2. The third-order valence-corrected chi connectivity index (χ3v) is 3.91. The summed E-state index contributed by atoms with van der Waals surface area (Å²) >= 11 is 0. The van der Waals surface area contributed by atoms with E-state index in [2.05, 4.69) is 20.6 Å². The van der Waals surface area contributed by atoms with Crippen LogP contribution in [0.15, 0.2) is 54.7 Å². The van der Waals surface area contributed by atoms with Gasteiger partial charge in [0.05, 0.1) is 19.9 Å². The number of anilines is 2. The van der Waals surface area contributed by atoms with Gasteiger partial charge in [-0.25, -0.2) is 14.4 Å². The monoisotopic (exact) mass is 382 g/mol. The van der Waals surface area contributed by atoms with Crippen molar-refractivity contribution < 1.29 is 18.7 Å². The number of hydrogen-bond donors (Lipinski definition) is 2. The molecule has 2 aromatic carbocycles. The first-order valence-electron chi connectivity index (χ1n) is 8.44. The Morgan fingerprint density at radius 1 is 1.07 bits per heavy atom. The molecule has 0 bridgehead atoms. The summed E-state index contributed by atoms with van der Waals surface area (Å²) in [6.07, 6.45) is 1.48. The summed E-state index contributed by atoms with van der Waals surface area (Å²) in [6, 6.07) is 12.7. The maximum Gasteiger partial charge on any atom is 0.270 e. The summed E-state index contributed by atoms with van der Waals surface area (Å²) in [5.41, 5.74) is 1.58. The fourth-order valence-electron chi connectivity index (χ4n) is 2.45.